The van der Waals surface area contributed by atoms with Gasteiger partial charge in [0, 0.05) is 19.1 Å². The number of methoxy groups -OCH3 is 1. The summed E-state index contributed by atoms with van der Waals surface area (Å²) in [5.41, 5.74) is 2.37. The molecule has 0 amide bonds. The van der Waals surface area contributed by atoms with Crippen molar-refractivity contribution < 1.29 is 19.3 Å². The molecule has 1 N–H and O–H groups in total. The number of carbonyl (C=O) groups excluding carboxylic acids is 1. The lowest BCUT2D eigenvalue weighted by Gasteiger charge is -2.09. The zero-order valence-corrected chi connectivity index (χ0v) is 8.72. The van der Waals surface area contributed by atoms with E-state index in [9.17, 15) is 14.9 Å². The Kier molecular flexibility index (Phi) is 3.65. The van der Waals surface area contributed by atoms with Gasteiger partial charge < -0.3 is 9.57 Å². The molecule has 7 heteroatoms. The monoisotopic (exact) mass is 226 g/mol. The summed E-state index contributed by atoms with van der Waals surface area (Å²) in [6.45, 7) is 1.21. The maximum absolute atomic E-state index is 10.6. The van der Waals surface area contributed by atoms with E-state index in [-0.39, 0.29) is 11.4 Å². The largest absolute Gasteiger partial charge is 0.494 e. The lowest BCUT2D eigenvalue weighted by molar-refractivity contribution is -0.384. The van der Waals surface area contributed by atoms with Crippen LogP contribution in [0.25, 0.3) is 0 Å². The highest BCUT2D eigenvalue weighted by Gasteiger charge is 2.11. The average Bonchev–Trinajstić information content (AvgIpc) is 2.25. The molecule has 0 spiro atoms. The van der Waals surface area contributed by atoms with Crippen LogP contribution in [0.15, 0.2) is 18.2 Å². The van der Waals surface area contributed by atoms with Gasteiger partial charge >= 0.3 is 5.97 Å². The van der Waals surface area contributed by atoms with Gasteiger partial charge in [-0.3, -0.25) is 14.9 Å². The van der Waals surface area contributed by atoms with E-state index in [2.05, 4.69) is 10.3 Å². The lowest BCUT2D eigenvalue weighted by atomic mass is 10.2. The third-order valence-electron chi connectivity index (χ3n) is 1.70. The maximum Gasteiger partial charge on any atom is 0.329 e. The van der Waals surface area contributed by atoms with Crippen molar-refractivity contribution in [2.75, 3.05) is 12.6 Å². The molecule has 0 atom stereocenters. The Morgan fingerprint density at radius 1 is 1.50 bits per heavy atom. The molecule has 0 aliphatic carbocycles. The summed E-state index contributed by atoms with van der Waals surface area (Å²) >= 11 is 0. The Morgan fingerprint density at radius 2 is 2.19 bits per heavy atom. The summed E-state index contributed by atoms with van der Waals surface area (Å²) < 4.78 is 4.94. The van der Waals surface area contributed by atoms with Crippen LogP contribution in [-0.2, 0) is 9.63 Å². The molecule has 0 saturated carbocycles. The third kappa shape index (κ3) is 2.84. The van der Waals surface area contributed by atoms with E-state index >= 15 is 0 Å². The fraction of sp³-hybridized carbons (Fsp3) is 0.222. The summed E-state index contributed by atoms with van der Waals surface area (Å²) in [6, 6.07) is 3.91. The van der Waals surface area contributed by atoms with Gasteiger partial charge in [-0.05, 0) is 6.07 Å². The van der Waals surface area contributed by atoms with Crippen LogP contribution < -0.4 is 10.2 Å². The number of nitro groups is 1. The molecule has 0 heterocycles. The van der Waals surface area contributed by atoms with Gasteiger partial charge in [-0.1, -0.05) is 0 Å². The van der Waals surface area contributed by atoms with E-state index in [0.29, 0.717) is 5.75 Å². The van der Waals surface area contributed by atoms with Crippen LogP contribution in [0.1, 0.15) is 6.92 Å². The quantitative estimate of drug-likeness (QED) is 0.617. The van der Waals surface area contributed by atoms with E-state index in [4.69, 9.17) is 4.74 Å². The number of carbonyl (C=O) groups is 1. The Hall–Kier alpha value is -2.31. The molecule has 0 aliphatic rings. The number of nitrogens with one attached hydrogen (secondary N) is 1. The predicted molar refractivity (Wildman–Crippen MR) is 55.0 cm³/mol. The zero-order valence-electron chi connectivity index (χ0n) is 8.72. The minimum atomic E-state index is -0.562. The second-order valence-corrected chi connectivity index (χ2v) is 2.84. The number of anilines is 1. The number of rotatable bonds is 4. The first kappa shape index (κ1) is 11.8. The summed E-state index contributed by atoms with van der Waals surface area (Å²) in [7, 11) is 1.40. The molecule has 86 valence electrons. The van der Waals surface area contributed by atoms with E-state index in [1.165, 1.54) is 32.2 Å². The predicted octanol–water partition coefficient (Wildman–Crippen LogP) is 1.49. The zero-order chi connectivity index (χ0) is 12.1. The molecule has 16 heavy (non-hydrogen) atoms. The third-order valence-corrected chi connectivity index (χ3v) is 1.70. The van der Waals surface area contributed by atoms with E-state index in [1.807, 2.05) is 0 Å². The highest BCUT2D eigenvalue weighted by atomic mass is 16.7. The second kappa shape index (κ2) is 4.96. The summed E-state index contributed by atoms with van der Waals surface area (Å²) in [6.07, 6.45) is 0. The highest BCUT2D eigenvalue weighted by Crippen LogP contribution is 2.28. The summed E-state index contributed by atoms with van der Waals surface area (Å²) in [5.74, 6) is -0.222. The summed E-state index contributed by atoms with van der Waals surface area (Å²) in [5, 5.41) is 10.5. The summed E-state index contributed by atoms with van der Waals surface area (Å²) in [4.78, 5) is 25.1. The Bertz CT molecular complexity index is 418. The van der Waals surface area contributed by atoms with Crippen molar-refractivity contribution in [2.45, 2.75) is 6.92 Å². The molecule has 1 aromatic rings. The molecule has 0 fully saturated rings. The van der Waals surface area contributed by atoms with E-state index < -0.39 is 10.9 Å². The van der Waals surface area contributed by atoms with Crippen LogP contribution in [0, 0.1) is 10.1 Å². The minimum absolute atomic E-state index is 0.129. The average molecular weight is 226 g/mol. The molecule has 0 aromatic heterocycles. The first-order chi connectivity index (χ1) is 7.54. The second-order valence-electron chi connectivity index (χ2n) is 2.84. The van der Waals surface area contributed by atoms with Crippen LogP contribution in [0.4, 0.5) is 11.4 Å². The number of benzene rings is 1. The fourth-order valence-electron chi connectivity index (χ4n) is 1.02. The van der Waals surface area contributed by atoms with Crippen molar-refractivity contribution in [1.82, 2.24) is 0 Å². The van der Waals surface area contributed by atoms with Crippen molar-refractivity contribution in [2.24, 2.45) is 0 Å². The first-order valence-electron chi connectivity index (χ1n) is 4.30. The number of non-ortho nitro benzene ring substituents is 1. The van der Waals surface area contributed by atoms with Crippen molar-refractivity contribution in [1.29, 1.82) is 0 Å². The van der Waals surface area contributed by atoms with Crippen LogP contribution in [0.5, 0.6) is 5.75 Å². The van der Waals surface area contributed by atoms with Gasteiger partial charge in [0.15, 0.2) is 0 Å². The van der Waals surface area contributed by atoms with Crippen LogP contribution in [0.3, 0.4) is 0 Å². The van der Waals surface area contributed by atoms with Gasteiger partial charge in [-0.2, -0.15) is 0 Å². The molecule has 0 unspecified atom stereocenters. The lowest BCUT2D eigenvalue weighted by Crippen LogP contribution is -2.07. The number of hydrogen-bond donors (Lipinski definition) is 1. The highest BCUT2D eigenvalue weighted by molar-refractivity contribution is 5.69. The Morgan fingerprint density at radius 3 is 2.69 bits per heavy atom. The Balaban J connectivity index is 2.97. The molecule has 0 radical (unpaired) electrons. The topological polar surface area (TPSA) is 90.7 Å². The number of hydrogen-bond acceptors (Lipinski definition) is 6. The van der Waals surface area contributed by atoms with Crippen molar-refractivity contribution in [3.8, 4) is 5.75 Å². The van der Waals surface area contributed by atoms with Crippen molar-refractivity contribution in [3.63, 3.8) is 0 Å². The fourth-order valence-corrected chi connectivity index (χ4v) is 1.02. The van der Waals surface area contributed by atoms with E-state index in [0.717, 1.165) is 0 Å². The van der Waals surface area contributed by atoms with Gasteiger partial charge in [0.05, 0.1) is 12.0 Å². The Labute approximate surface area is 91.1 Å². The number of nitrogens with zero attached hydrogens (tertiary/aromatic N) is 1. The van der Waals surface area contributed by atoms with Crippen molar-refractivity contribution in [3.05, 3.63) is 28.3 Å². The van der Waals surface area contributed by atoms with Crippen molar-refractivity contribution >= 4 is 17.3 Å². The smallest absolute Gasteiger partial charge is 0.329 e. The van der Waals surface area contributed by atoms with Crippen LogP contribution in [0.2, 0.25) is 0 Å². The molecular weight excluding hydrogens is 216 g/mol. The molecule has 1 aromatic carbocycles. The first-order valence-corrected chi connectivity index (χ1v) is 4.30. The van der Waals surface area contributed by atoms with Gasteiger partial charge in [-0.25, -0.2) is 5.48 Å². The normalized spacial score (nSPS) is 9.38. The molecular formula is C9H10N2O5. The number of nitro benzene ring substituents is 1. The van der Waals surface area contributed by atoms with Crippen LogP contribution >= 0.6 is 0 Å². The van der Waals surface area contributed by atoms with Gasteiger partial charge in [-0.15, -0.1) is 0 Å². The van der Waals surface area contributed by atoms with Gasteiger partial charge in [0.2, 0.25) is 0 Å². The maximum atomic E-state index is 10.6. The molecule has 7 nitrogen and oxygen atoms in total. The van der Waals surface area contributed by atoms with Gasteiger partial charge in [0.25, 0.3) is 5.69 Å². The molecule has 0 saturated heterocycles. The number of ether oxygens (including phenoxy) is 1. The standard InChI is InChI=1S/C9H10N2O5/c1-6(12)16-10-8-5-7(11(13)14)3-4-9(8)15-2/h3-5,10H,1-2H3. The molecule has 0 bridgehead atoms. The van der Waals surface area contributed by atoms with Gasteiger partial charge in [0.1, 0.15) is 11.4 Å². The minimum Gasteiger partial charge on any atom is -0.494 e. The molecule has 0 aliphatic heterocycles. The van der Waals surface area contributed by atoms with E-state index in [1.54, 1.807) is 0 Å². The molecule has 1 rings (SSSR count). The SMILES string of the molecule is COc1ccc([N+](=O)[O-])cc1NOC(C)=O. The van der Waals surface area contributed by atoms with Crippen LogP contribution in [-0.4, -0.2) is 18.0 Å².